The van der Waals surface area contributed by atoms with Crippen molar-refractivity contribution in [1.82, 2.24) is 25.0 Å². The average molecular weight is 398 g/mol. The molecular weight excluding hydrogens is 373 g/mol. The lowest BCUT2D eigenvalue weighted by atomic mass is 10.3. The van der Waals surface area contributed by atoms with Gasteiger partial charge in [-0.15, -0.1) is 5.10 Å². The van der Waals surface area contributed by atoms with Crippen LogP contribution in [0.5, 0.6) is 0 Å². The molecular formula is C18H25Cl2N5O. The summed E-state index contributed by atoms with van der Waals surface area (Å²) in [7, 11) is 0. The third-order valence-electron chi connectivity index (χ3n) is 4.16. The zero-order chi connectivity index (χ0) is 19.3. The third kappa shape index (κ3) is 4.75. The number of carbonyl (C=O) groups excluding carboxylic acids is 1. The average Bonchev–Trinajstić information content (AvgIpc) is 3.02. The number of nitrogens with zero attached hydrogens (tertiary/aromatic N) is 4. The zero-order valence-corrected chi connectivity index (χ0v) is 17.1. The van der Waals surface area contributed by atoms with Crippen LogP contribution in [0.4, 0.5) is 0 Å². The molecule has 0 aliphatic carbocycles. The van der Waals surface area contributed by atoms with Crippen LogP contribution in [0.15, 0.2) is 18.2 Å². The molecule has 8 heteroatoms. The van der Waals surface area contributed by atoms with E-state index < -0.39 is 0 Å². The maximum Gasteiger partial charge on any atom is 0.291 e. The summed E-state index contributed by atoms with van der Waals surface area (Å²) in [6.07, 6.45) is 0.596. The summed E-state index contributed by atoms with van der Waals surface area (Å²) in [5.74, 6) is 0.439. The minimum atomic E-state index is -0.304. The van der Waals surface area contributed by atoms with E-state index in [-0.39, 0.29) is 11.7 Å². The van der Waals surface area contributed by atoms with Crippen molar-refractivity contribution in [3.8, 4) is 5.69 Å². The fraction of sp³-hybridized carbons (Fsp3) is 0.500. The van der Waals surface area contributed by atoms with E-state index >= 15 is 0 Å². The summed E-state index contributed by atoms with van der Waals surface area (Å²) in [6.45, 7) is 10.6. The van der Waals surface area contributed by atoms with E-state index in [1.807, 2.05) is 6.92 Å². The van der Waals surface area contributed by atoms with Gasteiger partial charge in [0.15, 0.2) is 0 Å². The van der Waals surface area contributed by atoms with Gasteiger partial charge in [-0.05, 0) is 32.5 Å². The highest BCUT2D eigenvalue weighted by Gasteiger charge is 2.19. The number of hydrogen-bond donors (Lipinski definition) is 1. The van der Waals surface area contributed by atoms with Crippen LogP contribution < -0.4 is 5.32 Å². The van der Waals surface area contributed by atoms with Crippen LogP contribution >= 0.6 is 23.2 Å². The molecule has 0 saturated heterocycles. The Labute approximate surface area is 164 Å². The van der Waals surface area contributed by atoms with Crippen molar-refractivity contribution in [2.75, 3.05) is 19.6 Å². The summed E-state index contributed by atoms with van der Waals surface area (Å²) in [6, 6.07) is 5.66. The lowest BCUT2D eigenvalue weighted by Crippen LogP contribution is -2.38. The number of aromatic nitrogens is 3. The van der Waals surface area contributed by atoms with Crippen LogP contribution in [-0.2, 0) is 6.42 Å². The second-order valence-corrected chi connectivity index (χ2v) is 6.98. The Morgan fingerprint density at radius 2 is 1.92 bits per heavy atom. The van der Waals surface area contributed by atoms with Crippen LogP contribution in [0, 0.1) is 0 Å². The molecule has 142 valence electrons. The van der Waals surface area contributed by atoms with Crippen LogP contribution in [0.2, 0.25) is 10.0 Å². The molecule has 1 amide bonds. The minimum absolute atomic E-state index is 0.116. The highest BCUT2D eigenvalue weighted by Crippen LogP contribution is 2.28. The first-order valence-corrected chi connectivity index (χ1v) is 9.57. The summed E-state index contributed by atoms with van der Waals surface area (Å²) < 4.78 is 1.55. The minimum Gasteiger partial charge on any atom is -0.348 e. The second kappa shape index (κ2) is 9.35. The third-order valence-corrected chi connectivity index (χ3v) is 4.77. The van der Waals surface area contributed by atoms with Gasteiger partial charge in [-0.3, -0.25) is 9.69 Å². The Hall–Kier alpha value is -1.63. The summed E-state index contributed by atoms with van der Waals surface area (Å²) in [4.78, 5) is 19.1. The van der Waals surface area contributed by atoms with Crippen LogP contribution in [0.1, 0.15) is 44.1 Å². The van der Waals surface area contributed by atoms with Gasteiger partial charge in [0, 0.05) is 25.6 Å². The number of hydrogen-bond acceptors (Lipinski definition) is 4. The largest absolute Gasteiger partial charge is 0.348 e. The Morgan fingerprint density at radius 1 is 1.27 bits per heavy atom. The van der Waals surface area contributed by atoms with Gasteiger partial charge in [0.2, 0.25) is 5.82 Å². The SMILES string of the molecule is CCc1nc(C(=O)NCCN(CC)C(C)C)nn1-c1c(Cl)cccc1Cl. The van der Waals surface area contributed by atoms with Crippen LogP contribution in [-0.4, -0.2) is 51.2 Å². The molecule has 0 aliphatic heterocycles. The lowest BCUT2D eigenvalue weighted by Gasteiger charge is -2.24. The van der Waals surface area contributed by atoms with Gasteiger partial charge in [-0.1, -0.05) is 43.1 Å². The molecule has 2 rings (SSSR count). The highest BCUT2D eigenvalue weighted by atomic mass is 35.5. The summed E-state index contributed by atoms with van der Waals surface area (Å²) in [5.41, 5.74) is 0.538. The normalized spacial score (nSPS) is 11.4. The number of likely N-dealkylation sites (N-methyl/N-ethyl adjacent to an activating group) is 1. The van der Waals surface area contributed by atoms with E-state index in [1.165, 1.54) is 0 Å². The number of nitrogens with one attached hydrogen (secondary N) is 1. The molecule has 6 nitrogen and oxygen atoms in total. The summed E-state index contributed by atoms with van der Waals surface area (Å²) in [5, 5.41) is 8.13. The van der Waals surface area contributed by atoms with E-state index in [0.717, 1.165) is 13.1 Å². The molecule has 26 heavy (non-hydrogen) atoms. The van der Waals surface area contributed by atoms with Crippen LogP contribution in [0.3, 0.4) is 0 Å². The molecule has 0 spiro atoms. The van der Waals surface area contributed by atoms with E-state index in [4.69, 9.17) is 23.2 Å². The number of para-hydroxylation sites is 1. The molecule has 1 N–H and O–H groups in total. The predicted octanol–water partition coefficient (Wildman–Crippen LogP) is 3.60. The fourth-order valence-corrected chi connectivity index (χ4v) is 3.27. The maximum absolute atomic E-state index is 12.4. The molecule has 2 aromatic rings. The lowest BCUT2D eigenvalue weighted by molar-refractivity contribution is 0.0935. The Kier molecular flexibility index (Phi) is 7.43. The smallest absolute Gasteiger partial charge is 0.291 e. The molecule has 0 saturated carbocycles. The molecule has 0 atom stereocenters. The number of amides is 1. The standard InChI is InChI=1S/C18H25Cl2N5O/c1-5-15-22-17(18(26)21-10-11-24(6-2)12(3)4)23-25(15)16-13(19)8-7-9-14(16)20/h7-9,12H,5-6,10-11H2,1-4H3,(H,21,26). The number of carbonyl (C=O) groups is 1. The quantitative estimate of drug-likeness (QED) is 0.738. The Morgan fingerprint density at radius 3 is 2.46 bits per heavy atom. The molecule has 0 aliphatic rings. The van der Waals surface area contributed by atoms with E-state index in [9.17, 15) is 4.79 Å². The van der Waals surface area contributed by atoms with Gasteiger partial charge in [0.1, 0.15) is 11.5 Å². The van der Waals surface area contributed by atoms with Crippen LogP contribution in [0.25, 0.3) is 5.69 Å². The van der Waals surface area contributed by atoms with Crippen molar-refractivity contribution in [2.24, 2.45) is 0 Å². The molecule has 0 bridgehead atoms. The van der Waals surface area contributed by atoms with Crippen molar-refractivity contribution < 1.29 is 4.79 Å². The van der Waals surface area contributed by atoms with Gasteiger partial charge in [-0.2, -0.15) is 0 Å². The topological polar surface area (TPSA) is 63.1 Å². The summed E-state index contributed by atoms with van der Waals surface area (Å²) >= 11 is 12.5. The molecule has 0 fully saturated rings. The number of halogens is 2. The Bertz CT molecular complexity index is 740. The first kappa shape index (κ1) is 20.7. The molecule has 1 aromatic carbocycles. The van der Waals surface area contributed by atoms with E-state index in [1.54, 1.807) is 22.9 Å². The Balaban J connectivity index is 2.16. The molecule has 1 aromatic heterocycles. The number of aryl methyl sites for hydroxylation is 1. The monoisotopic (exact) mass is 397 g/mol. The maximum atomic E-state index is 12.4. The molecule has 0 radical (unpaired) electrons. The first-order chi connectivity index (χ1) is 12.4. The van der Waals surface area contributed by atoms with Gasteiger partial charge >= 0.3 is 0 Å². The van der Waals surface area contributed by atoms with Crippen molar-refractivity contribution in [3.63, 3.8) is 0 Å². The zero-order valence-electron chi connectivity index (χ0n) is 15.6. The highest BCUT2D eigenvalue weighted by molar-refractivity contribution is 6.37. The fourth-order valence-electron chi connectivity index (χ4n) is 2.71. The van der Waals surface area contributed by atoms with Crippen molar-refractivity contribution in [1.29, 1.82) is 0 Å². The molecule has 0 unspecified atom stereocenters. The first-order valence-electron chi connectivity index (χ1n) is 8.81. The van der Waals surface area contributed by atoms with Crippen molar-refractivity contribution in [2.45, 2.75) is 40.2 Å². The number of rotatable bonds is 8. The van der Waals surface area contributed by atoms with Gasteiger partial charge in [0.25, 0.3) is 5.91 Å². The predicted molar refractivity (Wildman–Crippen MR) is 105 cm³/mol. The second-order valence-electron chi connectivity index (χ2n) is 6.17. The van der Waals surface area contributed by atoms with E-state index in [2.05, 4.69) is 41.1 Å². The van der Waals surface area contributed by atoms with E-state index in [0.29, 0.717) is 40.6 Å². The van der Waals surface area contributed by atoms with Gasteiger partial charge in [-0.25, -0.2) is 9.67 Å². The molecule has 1 heterocycles. The van der Waals surface area contributed by atoms with Crippen molar-refractivity contribution in [3.05, 3.63) is 39.9 Å². The van der Waals surface area contributed by atoms with Crippen molar-refractivity contribution >= 4 is 29.1 Å². The van der Waals surface area contributed by atoms with Gasteiger partial charge < -0.3 is 5.32 Å². The van der Waals surface area contributed by atoms with Gasteiger partial charge in [0.05, 0.1) is 10.0 Å². The number of benzene rings is 1.